The number of benzene rings is 1. The summed E-state index contributed by atoms with van der Waals surface area (Å²) in [5.41, 5.74) is 2.52. The number of rotatable bonds is 3. The molecule has 0 saturated carbocycles. The molecule has 1 aliphatic heterocycles. The average molecular weight is 393 g/mol. The lowest BCUT2D eigenvalue weighted by atomic mass is 9.99. The highest BCUT2D eigenvalue weighted by molar-refractivity contribution is 6.33. The third-order valence-corrected chi connectivity index (χ3v) is 4.55. The molecule has 2 aromatic heterocycles. The molecule has 27 heavy (non-hydrogen) atoms. The second-order valence-electron chi connectivity index (χ2n) is 6.01. The van der Waals surface area contributed by atoms with E-state index < -0.39 is 17.1 Å². The van der Waals surface area contributed by atoms with Gasteiger partial charge in [-0.3, -0.25) is 15.2 Å². The van der Waals surface area contributed by atoms with Crippen LogP contribution in [0.25, 0.3) is 22.2 Å². The van der Waals surface area contributed by atoms with Gasteiger partial charge >= 0.3 is 6.18 Å². The van der Waals surface area contributed by atoms with Crippen molar-refractivity contribution in [2.45, 2.75) is 11.6 Å². The number of alkyl halides is 4. The Bertz CT molecular complexity index is 1040. The van der Waals surface area contributed by atoms with Crippen LogP contribution in [0.5, 0.6) is 0 Å². The number of pyridine rings is 2. The number of amides is 1. The Labute approximate surface area is 156 Å². The summed E-state index contributed by atoms with van der Waals surface area (Å²) in [5.74, 6) is -0.260. The normalized spacial score (nSPS) is 17.1. The van der Waals surface area contributed by atoms with E-state index in [9.17, 15) is 18.0 Å². The van der Waals surface area contributed by atoms with Gasteiger partial charge in [0.2, 0.25) is 0 Å². The zero-order valence-corrected chi connectivity index (χ0v) is 14.4. The Balaban J connectivity index is 1.89. The molecule has 4 rings (SSSR count). The average Bonchev–Trinajstić information content (AvgIpc) is 2.66. The van der Waals surface area contributed by atoms with Crippen LogP contribution in [0.3, 0.4) is 0 Å². The molecule has 3 aromatic rings. The predicted octanol–water partition coefficient (Wildman–Crippen LogP) is 4.09. The highest BCUT2D eigenvalue weighted by Crippen LogP contribution is 2.40. The first-order chi connectivity index (χ1) is 12.8. The molecule has 1 atom stereocenters. The van der Waals surface area contributed by atoms with E-state index in [1.807, 2.05) is 0 Å². The van der Waals surface area contributed by atoms with E-state index >= 15 is 0 Å². The lowest BCUT2D eigenvalue weighted by Crippen LogP contribution is -2.56. The predicted molar refractivity (Wildman–Crippen MR) is 95.0 cm³/mol. The van der Waals surface area contributed by atoms with E-state index in [0.717, 1.165) is 6.07 Å². The van der Waals surface area contributed by atoms with Crippen LogP contribution in [0.4, 0.5) is 19.0 Å². The van der Waals surface area contributed by atoms with Gasteiger partial charge in [0.15, 0.2) is 11.5 Å². The molecule has 0 bridgehead atoms. The number of halogens is 4. The zero-order chi connectivity index (χ0) is 19.2. The Morgan fingerprint density at radius 1 is 1.15 bits per heavy atom. The molecule has 0 radical (unpaired) electrons. The van der Waals surface area contributed by atoms with Crippen molar-refractivity contribution in [3.8, 4) is 11.1 Å². The molecule has 138 valence electrons. The fourth-order valence-corrected chi connectivity index (χ4v) is 3.13. The number of nitrogens with zero attached hydrogens (tertiary/aromatic N) is 3. The van der Waals surface area contributed by atoms with E-state index in [0.29, 0.717) is 11.0 Å². The smallest absolute Gasteiger partial charge is 0.279 e. The van der Waals surface area contributed by atoms with Crippen LogP contribution < -0.4 is 5.43 Å². The number of hydrogen-bond donors (Lipinski definition) is 1. The van der Waals surface area contributed by atoms with Crippen LogP contribution in [0.15, 0.2) is 48.7 Å². The topological polar surface area (TPSA) is 58.1 Å². The summed E-state index contributed by atoms with van der Waals surface area (Å²) in [6, 6.07) is 10.2. The van der Waals surface area contributed by atoms with Crippen molar-refractivity contribution in [2.75, 3.05) is 12.0 Å². The first-order valence-corrected chi connectivity index (χ1v) is 8.43. The fraction of sp³-hybridized carbons (Fsp3) is 0.167. The SMILES string of the molecule is O=C1C(Cl)CN1Nc1nc2ncccc2cc1-c1ccccc1C(F)(F)F. The Morgan fingerprint density at radius 3 is 2.63 bits per heavy atom. The molecule has 9 heteroatoms. The van der Waals surface area contributed by atoms with Crippen molar-refractivity contribution in [3.63, 3.8) is 0 Å². The van der Waals surface area contributed by atoms with E-state index in [1.54, 1.807) is 18.2 Å². The third-order valence-electron chi connectivity index (χ3n) is 4.23. The van der Waals surface area contributed by atoms with E-state index in [-0.39, 0.29) is 29.4 Å². The molecule has 0 aliphatic carbocycles. The van der Waals surface area contributed by atoms with Crippen LogP contribution in [0.2, 0.25) is 0 Å². The molecule has 1 aliphatic rings. The number of hydrogen-bond acceptors (Lipinski definition) is 4. The van der Waals surface area contributed by atoms with Gasteiger partial charge in [-0.05, 0) is 29.8 Å². The van der Waals surface area contributed by atoms with Gasteiger partial charge in [-0.15, -0.1) is 11.6 Å². The first-order valence-electron chi connectivity index (χ1n) is 7.99. The van der Waals surface area contributed by atoms with Crippen molar-refractivity contribution in [1.29, 1.82) is 0 Å². The highest BCUT2D eigenvalue weighted by atomic mass is 35.5. The quantitative estimate of drug-likeness (QED) is 0.538. The summed E-state index contributed by atoms with van der Waals surface area (Å²) in [6.07, 6.45) is -3.00. The maximum absolute atomic E-state index is 13.5. The van der Waals surface area contributed by atoms with Crippen LogP contribution in [0, 0.1) is 0 Å². The maximum atomic E-state index is 13.5. The van der Waals surface area contributed by atoms with Crippen molar-refractivity contribution in [2.24, 2.45) is 0 Å². The van der Waals surface area contributed by atoms with Crippen LogP contribution in [0.1, 0.15) is 5.56 Å². The first kappa shape index (κ1) is 17.5. The van der Waals surface area contributed by atoms with Gasteiger partial charge in [-0.1, -0.05) is 18.2 Å². The number of carbonyl (C=O) groups is 1. The maximum Gasteiger partial charge on any atom is 0.417 e. The minimum absolute atomic E-state index is 0.0406. The lowest BCUT2D eigenvalue weighted by Gasteiger charge is -2.35. The number of fused-ring (bicyclic) bond motifs is 1. The van der Waals surface area contributed by atoms with Gasteiger partial charge in [0.25, 0.3) is 5.91 Å². The van der Waals surface area contributed by atoms with Crippen molar-refractivity contribution in [1.82, 2.24) is 15.0 Å². The summed E-state index contributed by atoms with van der Waals surface area (Å²) in [4.78, 5) is 20.3. The number of aromatic nitrogens is 2. The van der Waals surface area contributed by atoms with Gasteiger partial charge in [0.1, 0.15) is 5.38 Å². The largest absolute Gasteiger partial charge is 0.417 e. The van der Waals surface area contributed by atoms with E-state index in [2.05, 4.69) is 15.4 Å². The molecular formula is C18H12ClF3N4O. The molecule has 5 nitrogen and oxygen atoms in total. The summed E-state index contributed by atoms with van der Waals surface area (Å²) in [6.45, 7) is 0.225. The van der Waals surface area contributed by atoms with Crippen LogP contribution in [-0.2, 0) is 11.0 Å². The molecular weight excluding hydrogens is 381 g/mol. The number of β-lactam (4-membered cyclic amide) rings is 1. The van der Waals surface area contributed by atoms with E-state index in [4.69, 9.17) is 11.6 Å². The van der Waals surface area contributed by atoms with Crippen molar-refractivity contribution < 1.29 is 18.0 Å². The Morgan fingerprint density at radius 2 is 1.93 bits per heavy atom. The number of carbonyl (C=O) groups excluding carboxylic acids is 1. The molecule has 1 aromatic carbocycles. The molecule has 1 amide bonds. The lowest BCUT2D eigenvalue weighted by molar-refractivity contribution is -0.138. The van der Waals surface area contributed by atoms with Gasteiger partial charge in [0.05, 0.1) is 12.1 Å². The number of anilines is 1. The Hall–Kier alpha value is -2.87. The van der Waals surface area contributed by atoms with Gasteiger partial charge in [-0.25, -0.2) is 9.97 Å². The fourth-order valence-electron chi connectivity index (χ4n) is 2.87. The molecule has 1 unspecified atom stereocenters. The number of nitrogens with one attached hydrogen (secondary N) is 1. The summed E-state index contributed by atoms with van der Waals surface area (Å²) in [5, 5.41) is 1.15. The van der Waals surface area contributed by atoms with Crippen molar-refractivity contribution >= 4 is 34.4 Å². The van der Waals surface area contributed by atoms with Gasteiger partial charge in [0, 0.05) is 17.1 Å². The second-order valence-corrected chi connectivity index (χ2v) is 6.53. The standard InChI is InChI=1S/C18H12ClF3N4O/c19-14-9-26(17(14)27)25-16-12(8-10-4-3-7-23-15(10)24-16)11-5-1-2-6-13(11)18(20,21)22/h1-8,14H,9H2,(H,23,24,25). The minimum Gasteiger partial charge on any atom is -0.279 e. The van der Waals surface area contributed by atoms with Crippen molar-refractivity contribution in [3.05, 3.63) is 54.2 Å². The molecule has 0 spiro atoms. The van der Waals surface area contributed by atoms with Gasteiger partial charge in [-0.2, -0.15) is 13.2 Å². The monoisotopic (exact) mass is 392 g/mol. The summed E-state index contributed by atoms with van der Waals surface area (Å²) < 4.78 is 40.5. The molecule has 1 saturated heterocycles. The van der Waals surface area contributed by atoms with Gasteiger partial charge < -0.3 is 0 Å². The summed E-state index contributed by atoms with van der Waals surface area (Å²) >= 11 is 5.78. The molecule has 1 N–H and O–H groups in total. The molecule has 3 heterocycles. The summed E-state index contributed by atoms with van der Waals surface area (Å²) in [7, 11) is 0. The third kappa shape index (κ3) is 3.16. The highest BCUT2D eigenvalue weighted by Gasteiger charge is 2.37. The minimum atomic E-state index is -4.54. The number of hydrazine groups is 1. The molecule has 1 fully saturated rings. The van der Waals surface area contributed by atoms with Crippen LogP contribution in [-0.4, -0.2) is 32.8 Å². The Kier molecular flexibility index (Phi) is 4.15. The zero-order valence-electron chi connectivity index (χ0n) is 13.7. The van der Waals surface area contributed by atoms with Crippen LogP contribution >= 0.6 is 11.6 Å². The van der Waals surface area contributed by atoms with E-state index in [1.165, 1.54) is 29.4 Å². The second kappa shape index (κ2) is 6.38.